The number of aryl methyl sites for hydroxylation is 1. The number of ether oxygens (including phenoxy) is 3. The highest BCUT2D eigenvalue weighted by Gasteiger charge is 2.30. The van der Waals surface area contributed by atoms with E-state index in [9.17, 15) is 14.4 Å². The predicted octanol–water partition coefficient (Wildman–Crippen LogP) is 4.92. The summed E-state index contributed by atoms with van der Waals surface area (Å²) in [6.07, 6.45) is 2.40. The minimum absolute atomic E-state index is 0.0754. The number of methoxy groups -OCH3 is 3. The standard InChI is InChI=1S/C36H43N5O6/c1-7-20(2)33(36(44)37-17-16-31-39-26-10-8-9-11-27(26)40-31)41-28-15-13-23-24(19-29(28)43)25(38-21(3)42)14-12-22-18-30(45-4)34(46-5)35(47-6)32(22)23/h8-11,13,15,18-20,25,33H,7,12,14,16-17H2,1-6H3,(H,37,44)(H,38,42)(H,39,40)(H,41,43). The number of para-hydroxylation sites is 2. The van der Waals surface area contributed by atoms with Crippen LogP contribution < -0.4 is 35.6 Å². The Morgan fingerprint density at radius 3 is 2.49 bits per heavy atom. The molecule has 1 aromatic heterocycles. The lowest BCUT2D eigenvalue weighted by Gasteiger charge is -2.24. The molecule has 0 saturated heterocycles. The summed E-state index contributed by atoms with van der Waals surface area (Å²) in [4.78, 5) is 47.6. The fraction of sp³-hybridized carbons (Fsp3) is 0.389. The molecule has 11 heteroatoms. The highest BCUT2D eigenvalue weighted by atomic mass is 16.5. The Labute approximate surface area is 274 Å². The maximum Gasteiger partial charge on any atom is 0.242 e. The van der Waals surface area contributed by atoms with E-state index in [0.717, 1.165) is 40.0 Å². The minimum Gasteiger partial charge on any atom is -0.493 e. The van der Waals surface area contributed by atoms with E-state index < -0.39 is 12.1 Å². The molecule has 0 fully saturated rings. The Kier molecular flexibility index (Phi) is 10.3. The van der Waals surface area contributed by atoms with Crippen LogP contribution in [0.5, 0.6) is 17.2 Å². The molecule has 5 rings (SSSR count). The molecule has 0 radical (unpaired) electrons. The van der Waals surface area contributed by atoms with Crippen LogP contribution in [0.25, 0.3) is 22.2 Å². The predicted molar refractivity (Wildman–Crippen MR) is 182 cm³/mol. The number of nitrogens with zero attached hydrogens (tertiary/aromatic N) is 1. The molecule has 3 atom stereocenters. The van der Waals surface area contributed by atoms with Crippen LogP contribution in [-0.4, -0.2) is 55.7 Å². The number of aromatic amines is 1. The molecule has 4 aromatic rings. The summed E-state index contributed by atoms with van der Waals surface area (Å²) in [5.41, 5.74) is 4.87. The molecule has 248 valence electrons. The molecule has 3 aromatic carbocycles. The minimum atomic E-state index is -0.664. The molecule has 0 bridgehead atoms. The molecule has 4 N–H and O–H groups in total. The summed E-state index contributed by atoms with van der Waals surface area (Å²) < 4.78 is 17.2. The Balaban J connectivity index is 1.49. The number of fused-ring (bicyclic) bond motifs is 4. The van der Waals surface area contributed by atoms with Crippen molar-refractivity contribution < 1.29 is 23.8 Å². The summed E-state index contributed by atoms with van der Waals surface area (Å²) in [6, 6.07) is 13.7. The first-order chi connectivity index (χ1) is 22.7. The van der Waals surface area contributed by atoms with Gasteiger partial charge in [-0.05, 0) is 65.8 Å². The molecular weight excluding hydrogens is 598 g/mol. The average molecular weight is 642 g/mol. The van der Waals surface area contributed by atoms with Crippen LogP contribution in [0.15, 0.2) is 53.3 Å². The molecule has 2 amide bonds. The van der Waals surface area contributed by atoms with Gasteiger partial charge in [-0.15, -0.1) is 0 Å². The van der Waals surface area contributed by atoms with Crippen molar-refractivity contribution in [2.24, 2.45) is 5.92 Å². The van der Waals surface area contributed by atoms with Gasteiger partial charge in [-0.1, -0.05) is 38.5 Å². The van der Waals surface area contributed by atoms with Crippen LogP contribution in [0.2, 0.25) is 0 Å². The number of imidazole rings is 1. The summed E-state index contributed by atoms with van der Waals surface area (Å²) in [6.45, 7) is 5.83. The van der Waals surface area contributed by atoms with E-state index in [-0.39, 0.29) is 28.8 Å². The second-order valence-corrected chi connectivity index (χ2v) is 11.8. The summed E-state index contributed by atoms with van der Waals surface area (Å²) in [5.74, 6) is 1.73. The van der Waals surface area contributed by atoms with E-state index in [4.69, 9.17) is 14.2 Å². The number of nitrogens with one attached hydrogen (secondary N) is 4. The molecule has 1 aliphatic rings. The number of aromatic nitrogens is 2. The van der Waals surface area contributed by atoms with Crippen molar-refractivity contribution in [2.45, 2.75) is 58.5 Å². The maximum atomic E-state index is 13.9. The van der Waals surface area contributed by atoms with Gasteiger partial charge in [0.05, 0.1) is 44.1 Å². The van der Waals surface area contributed by atoms with Crippen LogP contribution >= 0.6 is 0 Å². The number of carbonyl (C=O) groups is 2. The van der Waals surface area contributed by atoms with Crippen molar-refractivity contribution in [3.8, 4) is 28.4 Å². The first kappa shape index (κ1) is 33.3. The quantitative estimate of drug-likeness (QED) is 0.171. The van der Waals surface area contributed by atoms with Gasteiger partial charge in [-0.25, -0.2) is 4.98 Å². The first-order valence-corrected chi connectivity index (χ1v) is 15.9. The van der Waals surface area contributed by atoms with E-state index >= 15 is 0 Å². The van der Waals surface area contributed by atoms with E-state index in [1.165, 1.54) is 6.92 Å². The number of benzene rings is 2. The number of hydrogen-bond donors (Lipinski definition) is 4. The zero-order valence-corrected chi connectivity index (χ0v) is 27.8. The SMILES string of the molecule is CCC(C)C(Nc1ccc2c(cc1=O)C(NC(C)=O)CCc1cc(OC)c(OC)c(OC)c1-2)C(=O)NCCc1nc2ccccc2[nH]1. The highest BCUT2D eigenvalue weighted by Crippen LogP contribution is 2.50. The Morgan fingerprint density at radius 1 is 1.04 bits per heavy atom. The summed E-state index contributed by atoms with van der Waals surface area (Å²) >= 11 is 0. The van der Waals surface area contributed by atoms with Gasteiger partial charge >= 0.3 is 0 Å². The average Bonchev–Trinajstić information content (AvgIpc) is 3.34. The fourth-order valence-electron chi connectivity index (χ4n) is 6.23. The lowest BCUT2D eigenvalue weighted by molar-refractivity contribution is -0.123. The van der Waals surface area contributed by atoms with E-state index in [0.29, 0.717) is 48.6 Å². The van der Waals surface area contributed by atoms with Crippen molar-refractivity contribution in [1.82, 2.24) is 20.6 Å². The van der Waals surface area contributed by atoms with E-state index in [1.807, 2.05) is 50.2 Å². The molecule has 1 heterocycles. The van der Waals surface area contributed by atoms with Crippen LogP contribution in [0.3, 0.4) is 0 Å². The molecule has 0 aliphatic heterocycles. The van der Waals surface area contributed by atoms with Gasteiger partial charge in [0.2, 0.25) is 23.0 Å². The van der Waals surface area contributed by atoms with Crippen LogP contribution in [0, 0.1) is 5.92 Å². The molecule has 3 unspecified atom stereocenters. The number of hydrogen-bond acceptors (Lipinski definition) is 8. The normalized spacial score (nSPS) is 15.0. The molecule has 1 aliphatic carbocycles. The van der Waals surface area contributed by atoms with Gasteiger partial charge in [0, 0.05) is 25.5 Å². The topological polar surface area (TPSA) is 144 Å². The van der Waals surface area contributed by atoms with Crippen LogP contribution in [0.4, 0.5) is 5.69 Å². The first-order valence-electron chi connectivity index (χ1n) is 15.9. The molecule has 11 nitrogen and oxygen atoms in total. The van der Waals surface area contributed by atoms with Gasteiger partial charge in [0.25, 0.3) is 0 Å². The highest BCUT2D eigenvalue weighted by molar-refractivity contribution is 5.86. The second-order valence-electron chi connectivity index (χ2n) is 11.8. The number of amides is 2. The van der Waals surface area contributed by atoms with E-state index in [1.54, 1.807) is 33.5 Å². The summed E-state index contributed by atoms with van der Waals surface area (Å²) in [7, 11) is 4.68. The fourth-order valence-corrected chi connectivity index (χ4v) is 6.23. The van der Waals surface area contributed by atoms with Crippen molar-refractivity contribution in [1.29, 1.82) is 0 Å². The van der Waals surface area contributed by atoms with Gasteiger partial charge in [0.1, 0.15) is 11.9 Å². The van der Waals surface area contributed by atoms with Crippen LogP contribution in [0.1, 0.15) is 56.6 Å². The van der Waals surface area contributed by atoms with Gasteiger partial charge < -0.3 is 35.1 Å². The Hall–Kier alpha value is -5.06. The van der Waals surface area contributed by atoms with Crippen LogP contribution in [-0.2, 0) is 22.4 Å². The van der Waals surface area contributed by atoms with Gasteiger partial charge in [-0.2, -0.15) is 0 Å². The largest absolute Gasteiger partial charge is 0.493 e. The van der Waals surface area contributed by atoms with E-state index in [2.05, 4.69) is 25.9 Å². The maximum absolute atomic E-state index is 13.9. The van der Waals surface area contributed by atoms with Crippen molar-refractivity contribution >= 4 is 28.5 Å². The molecule has 47 heavy (non-hydrogen) atoms. The molecular formula is C36H43N5O6. The monoisotopic (exact) mass is 641 g/mol. The number of rotatable bonds is 12. The zero-order valence-electron chi connectivity index (χ0n) is 27.8. The lowest BCUT2D eigenvalue weighted by Crippen LogP contribution is -2.45. The van der Waals surface area contributed by atoms with Crippen molar-refractivity contribution in [3.05, 3.63) is 75.7 Å². The van der Waals surface area contributed by atoms with Gasteiger partial charge in [0.15, 0.2) is 11.5 Å². The Bertz CT molecular complexity index is 1800. The third-order valence-electron chi connectivity index (χ3n) is 8.82. The summed E-state index contributed by atoms with van der Waals surface area (Å²) in [5, 5.41) is 9.32. The number of anilines is 1. The third kappa shape index (κ3) is 7.03. The van der Waals surface area contributed by atoms with Crippen molar-refractivity contribution in [3.63, 3.8) is 0 Å². The smallest absolute Gasteiger partial charge is 0.242 e. The van der Waals surface area contributed by atoms with Gasteiger partial charge in [-0.3, -0.25) is 14.4 Å². The number of carbonyl (C=O) groups excluding carboxylic acids is 2. The molecule has 0 saturated carbocycles. The zero-order chi connectivity index (χ0) is 33.7. The Morgan fingerprint density at radius 2 is 1.81 bits per heavy atom. The molecule has 0 spiro atoms. The second kappa shape index (κ2) is 14.6. The third-order valence-corrected chi connectivity index (χ3v) is 8.82. The number of H-pyrrole nitrogens is 1. The van der Waals surface area contributed by atoms with Crippen molar-refractivity contribution in [2.75, 3.05) is 33.2 Å². The lowest BCUT2D eigenvalue weighted by atomic mass is 9.95.